The van der Waals surface area contributed by atoms with Gasteiger partial charge in [0.05, 0.1) is 37.6 Å². The molecule has 0 spiro atoms. The number of ether oxygens (including phenoxy) is 2. The van der Waals surface area contributed by atoms with Gasteiger partial charge in [-0.25, -0.2) is 4.98 Å². The minimum absolute atomic E-state index is 0.0669. The van der Waals surface area contributed by atoms with Crippen molar-refractivity contribution in [1.82, 2.24) is 14.9 Å². The first-order valence-corrected chi connectivity index (χ1v) is 12.1. The lowest BCUT2D eigenvalue weighted by molar-refractivity contribution is -0.118. The maximum atomic E-state index is 13.3. The van der Waals surface area contributed by atoms with Crippen molar-refractivity contribution in [3.05, 3.63) is 93.8 Å². The van der Waals surface area contributed by atoms with Gasteiger partial charge >= 0.3 is 0 Å². The average Bonchev–Trinajstić information content (AvgIpc) is 2.88. The van der Waals surface area contributed by atoms with E-state index >= 15 is 0 Å². The van der Waals surface area contributed by atoms with E-state index in [-0.39, 0.29) is 23.8 Å². The first kappa shape index (κ1) is 24.3. The molecule has 0 radical (unpaired) electrons. The molecule has 0 aliphatic carbocycles. The number of aryl methyl sites for hydroxylation is 1. The van der Waals surface area contributed by atoms with Crippen LogP contribution in [0.4, 0.5) is 0 Å². The Bertz CT molecular complexity index is 1400. The number of aromatic nitrogens is 2. The van der Waals surface area contributed by atoms with Gasteiger partial charge in [-0.15, -0.1) is 0 Å². The van der Waals surface area contributed by atoms with Crippen LogP contribution in [0.3, 0.4) is 0 Å². The number of nitrogens with one attached hydrogen (secondary N) is 1. The van der Waals surface area contributed by atoms with Crippen molar-refractivity contribution in [2.24, 2.45) is 0 Å². The second-order valence-electron chi connectivity index (χ2n) is 8.00. The van der Waals surface area contributed by atoms with E-state index in [9.17, 15) is 9.59 Å². The topological polar surface area (TPSA) is 82.5 Å². The number of rotatable bonds is 9. The molecule has 0 saturated heterocycles. The molecule has 1 aromatic heterocycles. The fourth-order valence-corrected chi connectivity index (χ4v) is 4.53. The highest BCUT2D eigenvalue weighted by Crippen LogP contribution is 2.30. The van der Waals surface area contributed by atoms with Crippen LogP contribution >= 0.6 is 11.8 Å². The number of carbonyl (C=O) groups is 1. The molecule has 0 unspecified atom stereocenters. The maximum Gasteiger partial charge on any atom is 0.283 e. The van der Waals surface area contributed by atoms with E-state index in [1.807, 2.05) is 67.6 Å². The maximum absolute atomic E-state index is 13.3. The van der Waals surface area contributed by atoms with Crippen LogP contribution in [-0.4, -0.2) is 35.4 Å². The highest BCUT2D eigenvalue weighted by Gasteiger charge is 2.15. The second kappa shape index (κ2) is 11.1. The van der Waals surface area contributed by atoms with Crippen LogP contribution in [0.5, 0.6) is 11.5 Å². The Balaban J connectivity index is 1.50. The van der Waals surface area contributed by atoms with Gasteiger partial charge in [-0.3, -0.25) is 14.2 Å². The van der Waals surface area contributed by atoms with Gasteiger partial charge in [0, 0.05) is 12.1 Å². The predicted octanol–water partition coefficient (Wildman–Crippen LogP) is 4.18. The number of para-hydroxylation sites is 3. The van der Waals surface area contributed by atoms with E-state index in [1.165, 1.54) is 0 Å². The molecule has 4 rings (SSSR count). The summed E-state index contributed by atoms with van der Waals surface area (Å²) in [5, 5.41) is 3.18. The van der Waals surface area contributed by atoms with E-state index < -0.39 is 0 Å². The summed E-state index contributed by atoms with van der Waals surface area (Å²) in [6, 6.07) is 21.1. The molecule has 35 heavy (non-hydrogen) atoms. The van der Waals surface area contributed by atoms with E-state index in [0.29, 0.717) is 28.6 Å². The van der Waals surface area contributed by atoms with Crippen molar-refractivity contribution >= 4 is 28.7 Å². The van der Waals surface area contributed by atoms with Gasteiger partial charge in [0.15, 0.2) is 16.5 Å². The number of nitrogens with zero attached hydrogens (tertiary/aromatic N) is 2. The molecule has 1 heterocycles. The fourth-order valence-electron chi connectivity index (χ4n) is 3.77. The summed E-state index contributed by atoms with van der Waals surface area (Å²) in [6.45, 7) is 2.74. The number of amides is 1. The lowest BCUT2D eigenvalue weighted by atomic mass is 10.1. The number of carbonyl (C=O) groups excluding carboxylic acids is 1. The lowest BCUT2D eigenvalue weighted by Crippen LogP contribution is -2.27. The van der Waals surface area contributed by atoms with Crippen molar-refractivity contribution < 1.29 is 14.3 Å². The van der Waals surface area contributed by atoms with Crippen molar-refractivity contribution in [2.45, 2.75) is 25.0 Å². The summed E-state index contributed by atoms with van der Waals surface area (Å²) in [4.78, 5) is 30.4. The summed E-state index contributed by atoms with van der Waals surface area (Å²) in [5.74, 6) is 1.04. The molecule has 7 nitrogen and oxygen atoms in total. The lowest BCUT2D eigenvalue weighted by Gasteiger charge is -2.14. The number of thioether (sulfide) groups is 1. The van der Waals surface area contributed by atoms with Gasteiger partial charge in [-0.2, -0.15) is 0 Å². The molecular formula is C27H27N3O4S. The zero-order valence-corrected chi connectivity index (χ0v) is 20.7. The third-order valence-corrected chi connectivity index (χ3v) is 6.53. The van der Waals surface area contributed by atoms with Gasteiger partial charge in [0.25, 0.3) is 5.56 Å². The quantitative estimate of drug-likeness (QED) is 0.355. The molecule has 8 heteroatoms. The van der Waals surface area contributed by atoms with Crippen LogP contribution < -0.4 is 20.3 Å². The van der Waals surface area contributed by atoms with Crippen LogP contribution in [0, 0.1) is 6.92 Å². The van der Waals surface area contributed by atoms with Gasteiger partial charge in [-0.1, -0.05) is 65.9 Å². The monoisotopic (exact) mass is 489 g/mol. The highest BCUT2D eigenvalue weighted by atomic mass is 32.2. The van der Waals surface area contributed by atoms with Crippen molar-refractivity contribution in [3.63, 3.8) is 0 Å². The SMILES string of the molecule is COc1cccc(CNC(=O)CSc2nc3ccccc3n(Cc3ccc(C)cc3)c2=O)c1OC. The molecular weight excluding hydrogens is 462 g/mol. The Kier molecular flexibility index (Phi) is 7.72. The average molecular weight is 490 g/mol. The summed E-state index contributed by atoms with van der Waals surface area (Å²) in [7, 11) is 3.13. The number of methoxy groups -OCH3 is 2. The minimum Gasteiger partial charge on any atom is -0.493 e. The van der Waals surface area contributed by atoms with Gasteiger partial charge in [0.1, 0.15) is 0 Å². The molecule has 0 bridgehead atoms. The molecule has 0 atom stereocenters. The Hall–Kier alpha value is -3.78. The van der Waals surface area contributed by atoms with E-state index in [0.717, 1.165) is 34.0 Å². The molecule has 0 aliphatic heterocycles. The van der Waals surface area contributed by atoms with Crippen molar-refractivity contribution in [3.8, 4) is 11.5 Å². The van der Waals surface area contributed by atoms with Crippen LogP contribution in [0.1, 0.15) is 16.7 Å². The number of hydrogen-bond acceptors (Lipinski definition) is 6. The summed E-state index contributed by atoms with van der Waals surface area (Å²) in [5.41, 5.74) is 4.25. The van der Waals surface area contributed by atoms with Gasteiger partial charge in [-0.05, 0) is 30.7 Å². The third kappa shape index (κ3) is 5.66. The Morgan fingerprint density at radius 1 is 1.00 bits per heavy atom. The first-order valence-electron chi connectivity index (χ1n) is 11.1. The number of fused-ring (bicyclic) bond motifs is 1. The zero-order chi connectivity index (χ0) is 24.8. The van der Waals surface area contributed by atoms with Crippen molar-refractivity contribution in [2.75, 3.05) is 20.0 Å². The molecule has 0 aliphatic rings. The second-order valence-corrected chi connectivity index (χ2v) is 8.96. The Morgan fingerprint density at radius 3 is 2.51 bits per heavy atom. The minimum atomic E-state index is -0.212. The number of hydrogen-bond donors (Lipinski definition) is 1. The molecule has 0 saturated carbocycles. The smallest absolute Gasteiger partial charge is 0.283 e. The van der Waals surface area contributed by atoms with E-state index in [2.05, 4.69) is 10.3 Å². The Labute approximate surface area is 208 Å². The van der Waals surface area contributed by atoms with Crippen LogP contribution in [0.15, 0.2) is 76.6 Å². The fraction of sp³-hybridized carbons (Fsp3) is 0.222. The third-order valence-electron chi connectivity index (χ3n) is 5.58. The predicted molar refractivity (Wildman–Crippen MR) is 138 cm³/mol. The summed E-state index contributed by atoms with van der Waals surface area (Å²) in [6.07, 6.45) is 0. The largest absolute Gasteiger partial charge is 0.493 e. The van der Waals surface area contributed by atoms with E-state index in [4.69, 9.17) is 9.47 Å². The van der Waals surface area contributed by atoms with E-state index in [1.54, 1.807) is 24.9 Å². The van der Waals surface area contributed by atoms with Crippen LogP contribution in [-0.2, 0) is 17.9 Å². The molecule has 3 aromatic carbocycles. The van der Waals surface area contributed by atoms with Crippen molar-refractivity contribution in [1.29, 1.82) is 0 Å². The summed E-state index contributed by atoms with van der Waals surface area (Å²) >= 11 is 1.14. The number of benzene rings is 3. The summed E-state index contributed by atoms with van der Waals surface area (Å²) < 4.78 is 12.4. The van der Waals surface area contributed by atoms with Crippen LogP contribution in [0.25, 0.3) is 11.0 Å². The molecule has 1 amide bonds. The zero-order valence-electron chi connectivity index (χ0n) is 19.9. The highest BCUT2D eigenvalue weighted by molar-refractivity contribution is 7.99. The standard InChI is InChI=1S/C27H27N3O4S/c1-18-11-13-19(14-12-18)16-30-22-9-5-4-8-21(22)29-26(27(30)32)35-17-24(31)28-15-20-7-6-10-23(33-2)25(20)34-3/h4-14H,15-17H2,1-3H3,(H,28,31). The molecule has 4 aromatic rings. The molecule has 180 valence electrons. The van der Waals surface area contributed by atoms with Gasteiger partial charge in [0.2, 0.25) is 5.91 Å². The molecule has 0 fully saturated rings. The normalized spacial score (nSPS) is 10.8. The van der Waals surface area contributed by atoms with Gasteiger partial charge < -0.3 is 14.8 Å². The molecule has 1 N–H and O–H groups in total. The first-order chi connectivity index (χ1) is 17.0. The van der Waals surface area contributed by atoms with Crippen LogP contribution in [0.2, 0.25) is 0 Å². The Morgan fingerprint density at radius 2 is 1.77 bits per heavy atom.